The Morgan fingerprint density at radius 2 is 2.17 bits per heavy atom. The molecule has 2 aromatic rings. The van der Waals surface area contributed by atoms with Crippen LogP contribution in [0.15, 0.2) is 22.6 Å². The van der Waals surface area contributed by atoms with Gasteiger partial charge in [0.1, 0.15) is 17.1 Å². The Kier molecular flexibility index (Phi) is 4.66. The first-order valence-corrected chi connectivity index (χ1v) is 7.89. The smallest absolute Gasteiger partial charge is 0.322 e. The molecule has 8 nitrogen and oxygen atoms in total. The number of nitrogens with zero attached hydrogens (tertiary/aromatic N) is 2. The summed E-state index contributed by atoms with van der Waals surface area (Å²) in [5, 5.41) is 4.69. The van der Waals surface area contributed by atoms with Gasteiger partial charge in [0.2, 0.25) is 0 Å². The van der Waals surface area contributed by atoms with Crippen molar-refractivity contribution in [2.45, 2.75) is 19.4 Å². The van der Waals surface area contributed by atoms with Crippen molar-refractivity contribution < 1.29 is 18.7 Å². The van der Waals surface area contributed by atoms with Crippen molar-refractivity contribution >= 4 is 28.9 Å². The van der Waals surface area contributed by atoms with Gasteiger partial charge in [0.25, 0.3) is 5.91 Å². The van der Waals surface area contributed by atoms with Crippen LogP contribution in [0, 0.1) is 0 Å². The van der Waals surface area contributed by atoms with Gasteiger partial charge >= 0.3 is 6.03 Å². The minimum atomic E-state index is -0.810. The molecule has 0 aliphatic carbocycles. The van der Waals surface area contributed by atoms with Crippen molar-refractivity contribution in [1.82, 2.24) is 15.6 Å². The molecule has 1 saturated heterocycles. The third-order valence-electron chi connectivity index (χ3n) is 3.75. The zero-order valence-electron chi connectivity index (χ0n) is 13.7. The van der Waals surface area contributed by atoms with Crippen molar-refractivity contribution in [3.63, 3.8) is 0 Å². The van der Waals surface area contributed by atoms with Crippen molar-refractivity contribution in [1.29, 1.82) is 0 Å². The molecular formula is C16H20N4O4. The molecule has 0 saturated carbocycles. The summed E-state index contributed by atoms with van der Waals surface area (Å²) in [7, 11) is 1.94. The minimum Gasteiger partial charge on any atom is -0.457 e. The summed E-state index contributed by atoms with van der Waals surface area (Å²) in [5.41, 5.74) is 1.20. The van der Waals surface area contributed by atoms with Gasteiger partial charge in [-0.3, -0.25) is 10.1 Å². The number of rotatable bonds is 7. The van der Waals surface area contributed by atoms with E-state index in [0.717, 1.165) is 25.4 Å². The van der Waals surface area contributed by atoms with E-state index in [9.17, 15) is 9.59 Å². The van der Waals surface area contributed by atoms with Crippen LogP contribution in [0.2, 0.25) is 0 Å². The molecule has 1 fully saturated rings. The van der Waals surface area contributed by atoms with Crippen LogP contribution in [-0.4, -0.2) is 43.7 Å². The number of hydrogen-bond donors (Lipinski definition) is 2. The second-order valence-electron chi connectivity index (χ2n) is 5.63. The average Bonchev–Trinajstić information content (AvgIpc) is 3.12. The van der Waals surface area contributed by atoms with E-state index >= 15 is 0 Å². The lowest BCUT2D eigenvalue weighted by atomic mass is 10.2. The van der Waals surface area contributed by atoms with Gasteiger partial charge in [0, 0.05) is 26.3 Å². The van der Waals surface area contributed by atoms with Gasteiger partial charge in [-0.1, -0.05) is 6.92 Å². The molecule has 3 amide bonds. The summed E-state index contributed by atoms with van der Waals surface area (Å²) in [4.78, 5) is 29.5. The number of imide groups is 1. The summed E-state index contributed by atoms with van der Waals surface area (Å²) < 4.78 is 11.1. The van der Waals surface area contributed by atoms with Gasteiger partial charge in [0.05, 0.1) is 6.61 Å². The van der Waals surface area contributed by atoms with Crippen LogP contribution in [0.1, 0.15) is 25.1 Å². The summed E-state index contributed by atoms with van der Waals surface area (Å²) in [6.07, 6.45) is 0.997. The molecule has 2 N–H and O–H groups in total. The summed E-state index contributed by atoms with van der Waals surface area (Å²) >= 11 is 0. The third kappa shape index (κ3) is 3.33. The highest BCUT2D eigenvalue weighted by Gasteiger charge is 2.33. The SMILES string of the molecule is CCCOCCN(C)c1ccc2oc(C3NC(=O)NC3=O)cc2n1. The van der Waals surface area contributed by atoms with E-state index in [1.54, 1.807) is 12.1 Å². The normalized spacial score (nSPS) is 17.2. The fourth-order valence-electron chi connectivity index (χ4n) is 2.47. The predicted octanol–water partition coefficient (Wildman–Crippen LogP) is 1.57. The van der Waals surface area contributed by atoms with Crippen molar-refractivity contribution in [2.24, 2.45) is 0 Å². The van der Waals surface area contributed by atoms with E-state index in [4.69, 9.17) is 9.15 Å². The number of amides is 3. The number of furan rings is 1. The van der Waals surface area contributed by atoms with Gasteiger partial charge in [-0.15, -0.1) is 0 Å². The second kappa shape index (κ2) is 6.88. The molecule has 3 heterocycles. The van der Waals surface area contributed by atoms with Crippen LogP contribution < -0.4 is 15.5 Å². The number of aromatic nitrogens is 1. The molecule has 2 aromatic heterocycles. The Hall–Kier alpha value is -2.61. The maximum Gasteiger partial charge on any atom is 0.322 e. The fourth-order valence-corrected chi connectivity index (χ4v) is 2.47. The molecule has 0 spiro atoms. The molecule has 1 unspecified atom stereocenters. The van der Waals surface area contributed by atoms with E-state index in [1.807, 2.05) is 18.0 Å². The molecule has 128 valence electrons. The highest BCUT2D eigenvalue weighted by molar-refractivity contribution is 6.04. The van der Waals surface area contributed by atoms with Crippen LogP contribution in [0.4, 0.5) is 10.6 Å². The number of carbonyl (C=O) groups is 2. The minimum absolute atomic E-state index is 0.368. The molecule has 3 rings (SSSR count). The first-order valence-electron chi connectivity index (χ1n) is 7.89. The fraction of sp³-hybridized carbons (Fsp3) is 0.438. The van der Waals surface area contributed by atoms with Crippen LogP contribution in [-0.2, 0) is 9.53 Å². The zero-order chi connectivity index (χ0) is 17.1. The Labute approximate surface area is 139 Å². The lowest BCUT2D eigenvalue weighted by Crippen LogP contribution is -2.23. The molecular weight excluding hydrogens is 312 g/mol. The van der Waals surface area contributed by atoms with Gasteiger partial charge in [-0.05, 0) is 18.6 Å². The molecule has 1 aliphatic heterocycles. The molecule has 0 aromatic carbocycles. The van der Waals surface area contributed by atoms with Crippen molar-refractivity contribution in [2.75, 3.05) is 31.7 Å². The number of nitrogens with one attached hydrogen (secondary N) is 2. The molecule has 8 heteroatoms. The van der Waals surface area contributed by atoms with E-state index in [1.165, 1.54) is 0 Å². The lowest BCUT2D eigenvalue weighted by molar-refractivity contribution is -0.120. The molecule has 0 radical (unpaired) electrons. The van der Waals surface area contributed by atoms with E-state index in [-0.39, 0.29) is 0 Å². The van der Waals surface area contributed by atoms with Crippen LogP contribution in [0.5, 0.6) is 0 Å². The molecule has 0 bridgehead atoms. The highest BCUT2D eigenvalue weighted by Crippen LogP contribution is 2.26. The van der Waals surface area contributed by atoms with Gasteiger partial charge < -0.3 is 19.4 Å². The second-order valence-corrected chi connectivity index (χ2v) is 5.63. The number of hydrogen-bond acceptors (Lipinski definition) is 6. The number of carbonyl (C=O) groups excluding carboxylic acids is 2. The van der Waals surface area contributed by atoms with Crippen molar-refractivity contribution in [3.05, 3.63) is 24.0 Å². The summed E-state index contributed by atoms with van der Waals surface area (Å²) in [5.74, 6) is 0.728. The number of ether oxygens (including phenoxy) is 1. The first-order chi connectivity index (χ1) is 11.6. The summed E-state index contributed by atoms with van der Waals surface area (Å²) in [6.45, 7) is 4.18. The Balaban J connectivity index is 1.74. The number of anilines is 1. The quantitative estimate of drug-likeness (QED) is 0.590. The van der Waals surface area contributed by atoms with Gasteiger partial charge in [-0.25, -0.2) is 9.78 Å². The van der Waals surface area contributed by atoms with Gasteiger partial charge in [0.15, 0.2) is 11.6 Å². The zero-order valence-corrected chi connectivity index (χ0v) is 13.7. The maximum atomic E-state index is 11.7. The standard InChI is InChI=1S/C16H20N4O4/c1-3-7-23-8-6-20(2)13-5-4-11-10(17-13)9-12(24-11)14-15(21)19-16(22)18-14/h4-5,9,14H,3,6-8H2,1-2H3,(H2,18,19,21,22). The monoisotopic (exact) mass is 332 g/mol. The summed E-state index contributed by atoms with van der Waals surface area (Å²) in [6, 6.07) is 4.00. The predicted molar refractivity (Wildman–Crippen MR) is 87.8 cm³/mol. The molecule has 1 atom stereocenters. The molecule has 1 aliphatic rings. The van der Waals surface area contributed by atoms with Crippen LogP contribution in [0.25, 0.3) is 11.1 Å². The topological polar surface area (TPSA) is 96.7 Å². The van der Waals surface area contributed by atoms with Crippen LogP contribution in [0.3, 0.4) is 0 Å². The first kappa shape index (κ1) is 16.3. The number of fused-ring (bicyclic) bond motifs is 1. The number of pyridine rings is 1. The molecule has 24 heavy (non-hydrogen) atoms. The maximum absolute atomic E-state index is 11.7. The third-order valence-corrected chi connectivity index (χ3v) is 3.75. The Bertz CT molecular complexity index is 758. The average molecular weight is 332 g/mol. The van der Waals surface area contributed by atoms with Gasteiger partial charge in [-0.2, -0.15) is 0 Å². The van der Waals surface area contributed by atoms with Crippen LogP contribution >= 0.6 is 0 Å². The van der Waals surface area contributed by atoms with Crippen molar-refractivity contribution in [3.8, 4) is 0 Å². The Morgan fingerprint density at radius 3 is 2.88 bits per heavy atom. The largest absolute Gasteiger partial charge is 0.457 e. The van der Waals surface area contributed by atoms with E-state index in [0.29, 0.717) is 23.5 Å². The highest BCUT2D eigenvalue weighted by atomic mass is 16.5. The van der Waals surface area contributed by atoms with E-state index in [2.05, 4.69) is 22.5 Å². The Morgan fingerprint density at radius 1 is 1.33 bits per heavy atom. The number of urea groups is 1. The van der Waals surface area contributed by atoms with E-state index < -0.39 is 18.0 Å². The number of likely N-dealkylation sites (N-methyl/N-ethyl adjacent to an activating group) is 1. The lowest BCUT2D eigenvalue weighted by Gasteiger charge is -2.17.